The van der Waals surface area contributed by atoms with Crippen LogP contribution in [0.25, 0.3) is 11.4 Å². The Morgan fingerprint density at radius 1 is 0.821 bits per heavy atom. The molecule has 28 heavy (non-hydrogen) atoms. The van der Waals surface area contributed by atoms with Crippen LogP contribution in [0.15, 0.2) is 36.7 Å². The number of hydrogen-bond acceptors (Lipinski definition) is 4. The van der Waals surface area contributed by atoms with Gasteiger partial charge in [0.05, 0.1) is 12.2 Å². The number of rotatable bonds is 13. The summed E-state index contributed by atoms with van der Waals surface area (Å²) in [6, 6.07) is 7.33. The zero-order valence-electron chi connectivity index (χ0n) is 17.5. The first-order chi connectivity index (χ1) is 13.7. The van der Waals surface area contributed by atoms with Gasteiger partial charge >= 0.3 is 5.97 Å². The second-order valence-corrected chi connectivity index (χ2v) is 7.35. The van der Waals surface area contributed by atoms with Gasteiger partial charge in [0, 0.05) is 18.0 Å². The van der Waals surface area contributed by atoms with Gasteiger partial charge in [0.25, 0.3) is 0 Å². The van der Waals surface area contributed by atoms with Gasteiger partial charge in [-0.15, -0.1) is 0 Å². The summed E-state index contributed by atoms with van der Waals surface area (Å²) >= 11 is 0. The Hall–Kier alpha value is -2.23. The van der Waals surface area contributed by atoms with Crippen molar-refractivity contribution in [3.63, 3.8) is 0 Å². The van der Waals surface area contributed by atoms with Crippen LogP contribution >= 0.6 is 0 Å². The summed E-state index contributed by atoms with van der Waals surface area (Å²) in [7, 11) is 0. The smallest absolute Gasteiger partial charge is 0.338 e. The van der Waals surface area contributed by atoms with Gasteiger partial charge in [-0.2, -0.15) is 0 Å². The fraction of sp³-hybridized carbons (Fsp3) is 0.542. The zero-order valence-corrected chi connectivity index (χ0v) is 17.5. The van der Waals surface area contributed by atoms with E-state index in [1.807, 2.05) is 24.5 Å². The van der Waals surface area contributed by atoms with Crippen LogP contribution < -0.4 is 0 Å². The van der Waals surface area contributed by atoms with Gasteiger partial charge in [-0.05, 0) is 30.5 Å². The Labute approximate surface area is 169 Å². The van der Waals surface area contributed by atoms with E-state index in [1.54, 1.807) is 12.1 Å². The molecule has 0 N–H and O–H groups in total. The largest absolute Gasteiger partial charge is 0.462 e. The number of unbranched alkanes of at least 4 members (excludes halogenated alkanes) is 7. The highest BCUT2D eigenvalue weighted by Gasteiger charge is 2.08. The minimum Gasteiger partial charge on any atom is -0.462 e. The van der Waals surface area contributed by atoms with Crippen molar-refractivity contribution in [1.29, 1.82) is 0 Å². The standard InChI is InChI=1S/C24H34N2O2/c1-3-5-6-7-8-9-10-11-17-28-24(27)22-15-13-21(14-16-22)23-25-18-20(12-4-2)19-26-23/h13-16,18-19H,3-12,17H2,1-2H3. The van der Waals surface area contributed by atoms with Crippen molar-refractivity contribution < 1.29 is 9.53 Å². The summed E-state index contributed by atoms with van der Waals surface area (Å²) in [6.07, 6.45) is 15.7. The Morgan fingerprint density at radius 3 is 2.04 bits per heavy atom. The van der Waals surface area contributed by atoms with Gasteiger partial charge in [0.15, 0.2) is 5.82 Å². The average Bonchev–Trinajstić information content (AvgIpc) is 2.73. The maximum Gasteiger partial charge on any atom is 0.338 e. The number of carbonyl (C=O) groups is 1. The molecule has 0 amide bonds. The molecule has 4 nitrogen and oxygen atoms in total. The first-order valence-corrected chi connectivity index (χ1v) is 10.8. The van der Waals surface area contributed by atoms with E-state index in [-0.39, 0.29) is 5.97 Å². The van der Waals surface area contributed by atoms with Crippen molar-refractivity contribution in [2.24, 2.45) is 0 Å². The van der Waals surface area contributed by atoms with Gasteiger partial charge in [-0.1, -0.05) is 77.3 Å². The molecule has 0 radical (unpaired) electrons. The lowest BCUT2D eigenvalue weighted by molar-refractivity contribution is 0.0497. The van der Waals surface area contributed by atoms with E-state index < -0.39 is 0 Å². The molecule has 1 heterocycles. The fourth-order valence-electron chi connectivity index (χ4n) is 3.16. The highest BCUT2D eigenvalue weighted by Crippen LogP contribution is 2.16. The molecule has 0 spiro atoms. The Bertz CT molecular complexity index is 681. The maximum absolute atomic E-state index is 12.2. The normalized spacial score (nSPS) is 10.8. The van der Waals surface area contributed by atoms with E-state index in [1.165, 1.54) is 38.5 Å². The van der Waals surface area contributed by atoms with Crippen LogP contribution in [0.4, 0.5) is 0 Å². The second-order valence-electron chi connectivity index (χ2n) is 7.35. The highest BCUT2D eigenvalue weighted by molar-refractivity contribution is 5.89. The van der Waals surface area contributed by atoms with Crippen molar-refractivity contribution in [1.82, 2.24) is 9.97 Å². The first kappa shape index (κ1) is 22.1. The number of aromatic nitrogens is 2. The number of aryl methyl sites for hydroxylation is 1. The van der Waals surface area contributed by atoms with Gasteiger partial charge < -0.3 is 4.74 Å². The van der Waals surface area contributed by atoms with Crippen LogP contribution in [0, 0.1) is 0 Å². The molecule has 1 aromatic carbocycles. The van der Waals surface area contributed by atoms with Gasteiger partial charge in [-0.3, -0.25) is 0 Å². The monoisotopic (exact) mass is 382 g/mol. The first-order valence-electron chi connectivity index (χ1n) is 10.8. The van der Waals surface area contributed by atoms with Crippen LogP contribution in [0.3, 0.4) is 0 Å². The molecule has 0 atom stereocenters. The highest BCUT2D eigenvalue weighted by atomic mass is 16.5. The van der Waals surface area contributed by atoms with Crippen molar-refractivity contribution >= 4 is 5.97 Å². The quantitative estimate of drug-likeness (QED) is 0.297. The minimum absolute atomic E-state index is 0.256. The molecule has 152 valence electrons. The van der Waals surface area contributed by atoms with Crippen LogP contribution in [0.5, 0.6) is 0 Å². The van der Waals surface area contributed by atoms with Crippen molar-refractivity contribution in [2.45, 2.75) is 78.1 Å². The van der Waals surface area contributed by atoms with Gasteiger partial charge in [0.1, 0.15) is 0 Å². The van der Waals surface area contributed by atoms with Crippen molar-refractivity contribution in [3.05, 3.63) is 47.8 Å². The van der Waals surface area contributed by atoms with Crippen molar-refractivity contribution in [2.75, 3.05) is 6.61 Å². The number of ether oxygens (including phenoxy) is 1. The topological polar surface area (TPSA) is 52.1 Å². The molecule has 0 aliphatic rings. The van der Waals surface area contributed by atoms with E-state index in [0.29, 0.717) is 18.0 Å². The molecule has 0 aliphatic heterocycles. The van der Waals surface area contributed by atoms with E-state index >= 15 is 0 Å². The minimum atomic E-state index is -0.256. The van der Waals surface area contributed by atoms with E-state index in [2.05, 4.69) is 23.8 Å². The molecule has 1 aromatic heterocycles. The van der Waals surface area contributed by atoms with Crippen LogP contribution in [-0.4, -0.2) is 22.5 Å². The number of nitrogens with zero attached hydrogens (tertiary/aromatic N) is 2. The van der Waals surface area contributed by atoms with Crippen LogP contribution in [0.2, 0.25) is 0 Å². The molecule has 0 bridgehead atoms. The zero-order chi connectivity index (χ0) is 20.0. The molecule has 0 unspecified atom stereocenters. The van der Waals surface area contributed by atoms with Crippen LogP contribution in [-0.2, 0) is 11.2 Å². The number of benzene rings is 1. The summed E-state index contributed by atoms with van der Waals surface area (Å²) < 4.78 is 5.39. The average molecular weight is 383 g/mol. The van der Waals surface area contributed by atoms with E-state index in [4.69, 9.17) is 4.74 Å². The van der Waals surface area contributed by atoms with E-state index in [0.717, 1.165) is 36.8 Å². The third-order valence-corrected chi connectivity index (χ3v) is 4.85. The number of esters is 1. The lowest BCUT2D eigenvalue weighted by atomic mass is 10.1. The molecule has 0 saturated heterocycles. The molecule has 0 saturated carbocycles. The summed E-state index contributed by atoms with van der Waals surface area (Å²) in [5, 5.41) is 0. The summed E-state index contributed by atoms with van der Waals surface area (Å²) in [5.41, 5.74) is 2.63. The van der Waals surface area contributed by atoms with Gasteiger partial charge in [-0.25, -0.2) is 14.8 Å². The van der Waals surface area contributed by atoms with Crippen LogP contribution in [0.1, 0.15) is 87.6 Å². The molecule has 2 rings (SSSR count). The third kappa shape index (κ3) is 7.79. The lowest BCUT2D eigenvalue weighted by Crippen LogP contribution is -2.06. The molecular formula is C24H34N2O2. The second kappa shape index (κ2) is 13.0. The molecule has 0 aliphatic carbocycles. The SMILES string of the molecule is CCCCCCCCCCOC(=O)c1ccc(-c2ncc(CCC)cn2)cc1. The fourth-order valence-corrected chi connectivity index (χ4v) is 3.16. The molecule has 2 aromatic rings. The van der Waals surface area contributed by atoms with E-state index in [9.17, 15) is 4.79 Å². The lowest BCUT2D eigenvalue weighted by Gasteiger charge is -2.06. The predicted octanol–water partition coefficient (Wildman–Crippen LogP) is 6.39. The molecular weight excluding hydrogens is 348 g/mol. The summed E-state index contributed by atoms with van der Waals surface area (Å²) in [5.74, 6) is 0.424. The molecule has 0 fully saturated rings. The van der Waals surface area contributed by atoms with Crippen molar-refractivity contribution in [3.8, 4) is 11.4 Å². The summed E-state index contributed by atoms with van der Waals surface area (Å²) in [6.45, 7) is 4.87. The third-order valence-electron chi connectivity index (χ3n) is 4.85. The molecule has 4 heteroatoms. The Balaban J connectivity index is 1.70. The number of hydrogen-bond donors (Lipinski definition) is 0. The Kier molecular flexibility index (Phi) is 10.3. The predicted molar refractivity (Wildman–Crippen MR) is 114 cm³/mol. The maximum atomic E-state index is 12.2. The summed E-state index contributed by atoms with van der Waals surface area (Å²) in [4.78, 5) is 21.0. The van der Waals surface area contributed by atoms with Gasteiger partial charge in [0.2, 0.25) is 0 Å². The Morgan fingerprint density at radius 2 is 1.43 bits per heavy atom. The number of carbonyl (C=O) groups excluding carboxylic acids is 1.